The summed E-state index contributed by atoms with van der Waals surface area (Å²) in [6.45, 7) is 2.00. The predicted molar refractivity (Wildman–Crippen MR) is 110 cm³/mol. The number of amides is 1. The molecule has 2 aromatic heterocycles. The Morgan fingerprint density at radius 1 is 1.13 bits per heavy atom. The first-order valence-corrected chi connectivity index (χ1v) is 11.8. The van der Waals surface area contributed by atoms with E-state index in [2.05, 4.69) is 4.98 Å². The second kappa shape index (κ2) is 8.48. The molecule has 1 aromatic carbocycles. The molecular weight excluding hydrogens is 448 g/mol. The lowest BCUT2D eigenvalue weighted by atomic mass is 10.2. The van der Waals surface area contributed by atoms with Crippen LogP contribution in [0, 0.1) is 18.6 Å². The van der Waals surface area contributed by atoms with Crippen molar-refractivity contribution in [1.29, 1.82) is 0 Å². The first-order valence-electron chi connectivity index (χ1n) is 9.49. The number of piperazine rings is 1. The van der Waals surface area contributed by atoms with E-state index in [9.17, 15) is 22.0 Å². The van der Waals surface area contributed by atoms with Crippen LogP contribution in [0.25, 0.3) is 10.8 Å². The van der Waals surface area contributed by atoms with Crippen molar-refractivity contribution in [2.45, 2.75) is 18.2 Å². The number of hydrogen-bond acceptors (Lipinski definition) is 6. The molecule has 3 heterocycles. The fourth-order valence-corrected chi connectivity index (χ4v) is 5.66. The van der Waals surface area contributed by atoms with Gasteiger partial charge in [0.2, 0.25) is 15.9 Å². The van der Waals surface area contributed by atoms with Crippen LogP contribution in [-0.2, 0) is 21.2 Å². The minimum Gasteiger partial charge on any atom is -0.459 e. The number of thiazole rings is 1. The number of aryl methyl sites for hydroxylation is 1. The Kier molecular flexibility index (Phi) is 5.91. The van der Waals surface area contributed by atoms with Crippen molar-refractivity contribution in [3.63, 3.8) is 0 Å². The molecule has 0 spiro atoms. The maximum Gasteiger partial charge on any atom is 0.249 e. The van der Waals surface area contributed by atoms with Gasteiger partial charge in [0, 0.05) is 31.6 Å². The van der Waals surface area contributed by atoms with Crippen molar-refractivity contribution in [3.05, 3.63) is 58.8 Å². The number of rotatable bonds is 5. The third-order valence-electron chi connectivity index (χ3n) is 4.94. The first-order chi connectivity index (χ1) is 14.8. The van der Waals surface area contributed by atoms with Gasteiger partial charge < -0.3 is 9.32 Å². The van der Waals surface area contributed by atoms with Gasteiger partial charge in [-0.05, 0) is 31.2 Å². The van der Waals surface area contributed by atoms with Crippen LogP contribution in [0.2, 0.25) is 0 Å². The maximum absolute atomic E-state index is 14.0. The molecule has 0 bridgehead atoms. The van der Waals surface area contributed by atoms with Gasteiger partial charge in [0.05, 0.1) is 12.1 Å². The van der Waals surface area contributed by atoms with Crippen molar-refractivity contribution >= 4 is 27.3 Å². The van der Waals surface area contributed by atoms with Gasteiger partial charge in [0.1, 0.15) is 17.4 Å². The molecule has 1 amide bonds. The van der Waals surface area contributed by atoms with Gasteiger partial charge in [-0.15, -0.1) is 11.3 Å². The van der Waals surface area contributed by atoms with Gasteiger partial charge in [-0.2, -0.15) is 4.31 Å². The normalized spacial score (nSPS) is 15.4. The molecule has 1 fully saturated rings. The zero-order valence-corrected chi connectivity index (χ0v) is 18.2. The van der Waals surface area contributed by atoms with Crippen LogP contribution < -0.4 is 0 Å². The third kappa shape index (κ3) is 4.39. The lowest BCUT2D eigenvalue weighted by molar-refractivity contribution is -0.131. The molecule has 0 N–H and O–H groups in total. The van der Waals surface area contributed by atoms with Crippen LogP contribution in [0.3, 0.4) is 0 Å². The summed E-state index contributed by atoms with van der Waals surface area (Å²) in [5, 5.41) is 2.46. The molecule has 0 atom stereocenters. The Balaban J connectivity index is 1.39. The Hall–Kier alpha value is -2.63. The van der Waals surface area contributed by atoms with Crippen molar-refractivity contribution in [2.75, 3.05) is 26.2 Å². The highest BCUT2D eigenvalue weighted by atomic mass is 32.2. The third-order valence-corrected chi connectivity index (χ3v) is 7.80. The van der Waals surface area contributed by atoms with Crippen LogP contribution in [0.1, 0.15) is 11.5 Å². The number of furan rings is 1. The quantitative estimate of drug-likeness (QED) is 0.576. The van der Waals surface area contributed by atoms with Crippen molar-refractivity contribution < 1.29 is 26.4 Å². The van der Waals surface area contributed by atoms with Crippen molar-refractivity contribution in [2.24, 2.45) is 0 Å². The Morgan fingerprint density at radius 3 is 2.42 bits per heavy atom. The van der Waals surface area contributed by atoms with E-state index in [1.807, 2.05) is 19.1 Å². The number of carbonyl (C=O) groups is 1. The summed E-state index contributed by atoms with van der Waals surface area (Å²) in [4.78, 5) is 17.6. The monoisotopic (exact) mass is 467 g/mol. The fourth-order valence-electron chi connectivity index (χ4n) is 3.35. The molecular formula is C20H19F2N3O4S2. The van der Waals surface area contributed by atoms with Gasteiger partial charge in [0.15, 0.2) is 15.7 Å². The highest BCUT2D eigenvalue weighted by Crippen LogP contribution is 2.26. The Bertz CT molecular complexity index is 1190. The van der Waals surface area contributed by atoms with E-state index in [0.29, 0.717) is 16.5 Å². The first kappa shape index (κ1) is 21.6. The average molecular weight is 468 g/mol. The highest BCUT2D eigenvalue weighted by molar-refractivity contribution is 7.89. The van der Waals surface area contributed by atoms with Gasteiger partial charge in [-0.3, -0.25) is 4.79 Å². The van der Waals surface area contributed by atoms with Crippen LogP contribution in [0.15, 0.2) is 45.0 Å². The molecule has 7 nitrogen and oxygen atoms in total. The minimum absolute atomic E-state index is 0.0458. The van der Waals surface area contributed by atoms with E-state index in [1.165, 1.54) is 16.2 Å². The summed E-state index contributed by atoms with van der Waals surface area (Å²) in [5.41, 5.74) is 0.600. The van der Waals surface area contributed by atoms with E-state index in [1.54, 1.807) is 5.38 Å². The molecule has 11 heteroatoms. The van der Waals surface area contributed by atoms with Crippen molar-refractivity contribution in [1.82, 2.24) is 14.2 Å². The predicted octanol–water partition coefficient (Wildman–Crippen LogP) is 3.07. The SMILES string of the molecule is Cc1ccc(-c2nc(CC(=O)N3CCN(S(=O)(=O)c4c(F)cccc4F)CC3)cs2)o1. The Morgan fingerprint density at radius 2 is 1.81 bits per heavy atom. The number of halogens is 2. The summed E-state index contributed by atoms with van der Waals surface area (Å²) >= 11 is 1.37. The molecule has 0 aliphatic carbocycles. The zero-order chi connectivity index (χ0) is 22.2. The van der Waals surface area contributed by atoms with E-state index in [0.717, 1.165) is 28.3 Å². The highest BCUT2D eigenvalue weighted by Gasteiger charge is 2.34. The molecule has 4 rings (SSSR count). The summed E-state index contributed by atoms with van der Waals surface area (Å²) < 4.78 is 59.8. The number of nitrogens with zero attached hydrogens (tertiary/aromatic N) is 3. The standard InChI is InChI=1S/C20H19F2N3O4S2/c1-13-5-6-17(29-13)20-23-14(12-30-20)11-18(26)24-7-9-25(10-8-24)31(27,28)19-15(21)3-2-4-16(19)22/h2-6,12H,7-11H2,1H3. The maximum atomic E-state index is 14.0. The molecule has 3 aromatic rings. The molecule has 1 aliphatic rings. The lowest BCUT2D eigenvalue weighted by Crippen LogP contribution is -2.51. The zero-order valence-electron chi connectivity index (χ0n) is 16.5. The molecule has 0 radical (unpaired) electrons. The molecule has 0 saturated carbocycles. The van der Waals surface area contributed by atoms with Gasteiger partial charge in [0.25, 0.3) is 0 Å². The summed E-state index contributed by atoms with van der Waals surface area (Å²) in [5.74, 6) is -1.05. The topological polar surface area (TPSA) is 83.7 Å². The molecule has 31 heavy (non-hydrogen) atoms. The van der Waals surface area contributed by atoms with Crippen LogP contribution in [0.4, 0.5) is 8.78 Å². The van der Waals surface area contributed by atoms with Crippen LogP contribution in [0.5, 0.6) is 0 Å². The summed E-state index contributed by atoms with van der Waals surface area (Å²) in [6, 6.07) is 6.57. The van der Waals surface area contributed by atoms with Crippen LogP contribution >= 0.6 is 11.3 Å². The number of sulfonamides is 1. The summed E-state index contributed by atoms with van der Waals surface area (Å²) in [7, 11) is -4.33. The van der Waals surface area contributed by atoms with Crippen LogP contribution in [-0.4, -0.2) is 54.7 Å². The molecule has 1 aliphatic heterocycles. The van der Waals surface area contributed by atoms with Gasteiger partial charge in [-0.25, -0.2) is 22.2 Å². The number of benzene rings is 1. The smallest absolute Gasteiger partial charge is 0.249 e. The number of hydrogen-bond donors (Lipinski definition) is 0. The second-order valence-corrected chi connectivity index (χ2v) is 9.80. The molecule has 0 unspecified atom stereocenters. The fraction of sp³-hybridized carbons (Fsp3) is 0.300. The molecule has 164 valence electrons. The lowest BCUT2D eigenvalue weighted by Gasteiger charge is -2.34. The van der Waals surface area contributed by atoms with E-state index in [-0.39, 0.29) is 38.5 Å². The van der Waals surface area contributed by atoms with Gasteiger partial charge >= 0.3 is 0 Å². The van der Waals surface area contributed by atoms with E-state index >= 15 is 0 Å². The summed E-state index contributed by atoms with van der Waals surface area (Å²) in [6.07, 6.45) is 0.0743. The van der Waals surface area contributed by atoms with Gasteiger partial charge in [-0.1, -0.05) is 6.07 Å². The second-order valence-electron chi connectivity index (χ2n) is 7.07. The molecule has 1 saturated heterocycles. The number of carbonyl (C=O) groups excluding carboxylic acids is 1. The van der Waals surface area contributed by atoms with Crippen molar-refractivity contribution in [3.8, 4) is 10.8 Å². The largest absolute Gasteiger partial charge is 0.459 e. The average Bonchev–Trinajstić information content (AvgIpc) is 3.36. The van der Waals surface area contributed by atoms with E-state index < -0.39 is 26.6 Å². The minimum atomic E-state index is -4.33. The number of aromatic nitrogens is 1. The van der Waals surface area contributed by atoms with E-state index in [4.69, 9.17) is 4.42 Å². The Labute approximate surface area is 182 Å².